The Balaban J connectivity index is 1.95. The van der Waals surface area contributed by atoms with Gasteiger partial charge in [-0.1, -0.05) is 18.9 Å². The van der Waals surface area contributed by atoms with Crippen LogP contribution >= 0.6 is 11.8 Å². The summed E-state index contributed by atoms with van der Waals surface area (Å²) < 4.78 is 0. The van der Waals surface area contributed by atoms with E-state index < -0.39 is 0 Å². The summed E-state index contributed by atoms with van der Waals surface area (Å²) >= 11 is 1.95. The summed E-state index contributed by atoms with van der Waals surface area (Å²) in [5.74, 6) is 2.15. The van der Waals surface area contributed by atoms with Gasteiger partial charge in [0, 0.05) is 16.2 Å². The molecule has 0 N–H and O–H groups in total. The first-order valence-corrected chi connectivity index (χ1v) is 6.97. The van der Waals surface area contributed by atoms with Crippen molar-refractivity contribution in [3.8, 4) is 0 Å². The van der Waals surface area contributed by atoms with Gasteiger partial charge in [0.15, 0.2) is 0 Å². The van der Waals surface area contributed by atoms with Crippen molar-refractivity contribution in [2.45, 2.75) is 37.5 Å². The van der Waals surface area contributed by atoms with Crippen molar-refractivity contribution < 1.29 is 4.79 Å². The van der Waals surface area contributed by atoms with E-state index in [2.05, 4.69) is 13.0 Å². The van der Waals surface area contributed by atoms with Crippen molar-refractivity contribution in [2.24, 2.45) is 5.92 Å². The highest BCUT2D eigenvalue weighted by atomic mass is 32.2. The highest BCUT2D eigenvalue weighted by Gasteiger charge is 2.15. The SMILES string of the molecule is Cc1cc(C=O)ccc1SCC1CCCC1. The van der Waals surface area contributed by atoms with E-state index >= 15 is 0 Å². The number of rotatable bonds is 4. The van der Waals surface area contributed by atoms with Gasteiger partial charge >= 0.3 is 0 Å². The quantitative estimate of drug-likeness (QED) is 0.576. The highest BCUT2D eigenvalue weighted by molar-refractivity contribution is 7.99. The number of hydrogen-bond donors (Lipinski definition) is 0. The van der Waals surface area contributed by atoms with Crippen LogP contribution < -0.4 is 0 Å². The van der Waals surface area contributed by atoms with Gasteiger partial charge in [0.25, 0.3) is 0 Å². The predicted molar refractivity (Wildman–Crippen MR) is 69.2 cm³/mol. The third kappa shape index (κ3) is 2.88. The van der Waals surface area contributed by atoms with Crippen LogP contribution in [0.3, 0.4) is 0 Å². The van der Waals surface area contributed by atoms with Gasteiger partial charge in [-0.15, -0.1) is 11.8 Å². The second kappa shape index (κ2) is 5.53. The van der Waals surface area contributed by atoms with Crippen molar-refractivity contribution in [2.75, 3.05) is 5.75 Å². The van der Waals surface area contributed by atoms with Crippen molar-refractivity contribution in [3.63, 3.8) is 0 Å². The first-order valence-electron chi connectivity index (χ1n) is 5.98. The Labute approximate surface area is 102 Å². The van der Waals surface area contributed by atoms with Gasteiger partial charge in [-0.2, -0.15) is 0 Å². The maximum atomic E-state index is 10.6. The van der Waals surface area contributed by atoms with E-state index in [1.54, 1.807) is 0 Å². The molecule has 0 spiro atoms. The molecule has 0 heterocycles. The summed E-state index contributed by atoms with van der Waals surface area (Å²) in [6.45, 7) is 2.09. The molecule has 2 rings (SSSR count). The maximum absolute atomic E-state index is 10.6. The lowest BCUT2D eigenvalue weighted by Crippen LogP contribution is -1.97. The molecule has 1 aromatic carbocycles. The molecule has 16 heavy (non-hydrogen) atoms. The van der Waals surface area contributed by atoms with Gasteiger partial charge in [0.2, 0.25) is 0 Å². The minimum absolute atomic E-state index is 0.780. The molecule has 0 aliphatic heterocycles. The molecule has 1 aliphatic rings. The van der Waals surface area contributed by atoms with Crippen molar-refractivity contribution >= 4 is 18.0 Å². The molecular weight excluding hydrogens is 216 g/mol. The van der Waals surface area contributed by atoms with Crippen molar-refractivity contribution in [1.29, 1.82) is 0 Å². The minimum Gasteiger partial charge on any atom is -0.298 e. The van der Waals surface area contributed by atoms with Crippen LogP contribution in [0.15, 0.2) is 23.1 Å². The van der Waals surface area contributed by atoms with Gasteiger partial charge in [0.1, 0.15) is 6.29 Å². The average molecular weight is 234 g/mol. The number of aryl methyl sites for hydroxylation is 1. The number of thioether (sulfide) groups is 1. The normalized spacial score (nSPS) is 16.6. The fraction of sp³-hybridized carbons (Fsp3) is 0.500. The number of carbonyl (C=O) groups excluding carboxylic acids is 1. The summed E-state index contributed by atoms with van der Waals surface area (Å²) in [6, 6.07) is 5.97. The molecule has 0 aromatic heterocycles. The summed E-state index contributed by atoms with van der Waals surface area (Å²) in [4.78, 5) is 12.0. The Morgan fingerprint density at radius 2 is 2.12 bits per heavy atom. The zero-order chi connectivity index (χ0) is 11.4. The summed E-state index contributed by atoms with van der Waals surface area (Å²) in [5, 5.41) is 0. The molecule has 0 saturated heterocycles. The molecule has 0 amide bonds. The van der Waals surface area contributed by atoms with Crippen LogP contribution in [0.4, 0.5) is 0 Å². The van der Waals surface area contributed by atoms with E-state index in [0.717, 1.165) is 17.8 Å². The highest BCUT2D eigenvalue weighted by Crippen LogP contribution is 2.32. The molecular formula is C14H18OS. The summed E-state index contributed by atoms with van der Waals surface area (Å²) in [7, 11) is 0. The minimum atomic E-state index is 0.780. The second-order valence-electron chi connectivity index (χ2n) is 4.60. The fourth-order valence-electron chi connectivity index (χ4n) is 2.29. The molecule has 0 atom stereocenters. The van der Waals surface area contributed by atoms with Crippen LogP contribution in [-0.2, 0) is 0 Å². The molecule has 1 aromatic rings. The lowest BCUT2D eigenvalue weighted by molar-refractivity contribution is 0.112. The van der Waals surface area contributed by atoms with Gasteiger partial charge in [0.05, 0.1) is 0 Å². The first-order chi connectivity index (χ1) is 7.79. The van der Waals surface area contributed by atoms with Gasteiger partial charge in [-0.25, -0.2) is 0 Å². The third-order valence-electron chi connectivity index (χ3n) is 3.28. The van der Waals surface area contributed by atoms with Crippen LogP contribution in [0.1, 0.15) is 41.6 Å². The Morgan fingerprint density at radius 1 is 1.38 bits per heavy atom. The van der Waals surface area contributed by atoms with Crippen LogP contribution in [0.2, 0.25) is 0 Å². The molecule has 86 valence electrons. The fourth-order valence-corrected chi connectivity index (χ4v) is 3.49. The van der Waals surface area contributed by atoms with E-state index in [1.165, 1.54) is 41.9 Å². The van der Waals surface area contributed by atoms with Crippen LogP contribution in [0.25, 0.3) is 0 Å². The van der Waals surface area contributed by atoms with E-state index in [0.29, 0.717) is 0 Å². The number of aldehydes is 1. The third-order valence-corrected chi connectivity index (χ3v) is 4.69. The van der Waals surface area contributed by atoms with Crippen LogP contribution in [-0.4, -0.2) is 12.0 Å². The molecule has 1 fully saturated rings. The molecule has 1 nitrogen and oxygen atoms in total. The average Bonchev–Trinajstić information content (AvgIpc) is 2.80. The molecule has 1 saturated carbocycles. The van der Waals surface area contributed by atoms with E-state index in [9.17, 15) is 4.79 Å². The largest absolute Gasteiger partial charge is 0.298 e. The second-order valence-corrected chi connectivity index (χ2v) is 5.67. The monoisotopic (exact) mass is 234 g/mol. The van der Waals surface area contributed by atoms with E-state index in [-0.39, 0.29) is 0 Å². The Bertz CT molecular complexity index is 367. The first kappa shape index (κ1) is 11.7. The zero-order valence-corrected chi connectivity index (χ0v) is 10.6. The van der Waals surface area contributed by atoms with Crippen LogP contribution in [0.5, 0.6) is 0 Å². The smallest absolute Gasteiger partial charge is 0.150 e. The van der Waals surface area contributed by atoms with E-state index in [1.807, 2.05) is 23.9 Å². The summed E-state index contributed by atoms with van der Waals surface area (Å²) in [5.41, 5.74) is 2.01. The molecule has 0 unspecified atom stereocenters. The molecule has 2 heteroatoms. The van der Waals surface area contributed by atoms with Crippen molar-refractivity contribution in [3.05, 3.63) is 29.3 Å². The van der Waals surface area contributed by atoms with Crippen LogP contribution in [0, 0.1) is 12.8 Å². The molecule has 0 radical (unpaired) electrons. The van der Waals surface area contributed by atoms with E-state index in [4.69, 9.17) is 0 Å². The van der Waals surface area contributed by atoms with Crippen molar-refractivity contribution in [1.82, 2.24) is 0 Å². The molecule has 0 bridgehead atoms. The Morgan fingerprint density at radius 3 is 2.75 bits per heavy atom. The number of carbonyl (C=O) groups is 1. The Hall–Kier alpha value is -0.760. The number of benzene rings is 1. The Kier molecular flexibility index (Phi) is 4.05. The number of hydrogen-bond acceptors (Lipinski definition) is 2. The standard InChI is InChI=1S/C14H18OS/c1-11-8-13(9-15)6-7-14(11)16-10-12-4-2-3-5-12/h6-9,12H,2-5,10H2,1H3. The topological polar surface area (TPSA) is 17.1 Å². The van der Waals surface area contributed by atoms with Gasteiger partial charge in [-0.3, -0.25) is 4.79 Å². The summed E-state index contributed by atoms with van der Waals surface area (Å²) in [6.07, 6.45) is 6.54. The zero-order valence-electron chi connectivity index (χ0n) is 9.74. The van der Waals surface area contributed by atoms with Gasteiger partial charge in [-0.05, 0) is 43.4 Å². The molecule has 1 aliphatic carbocycles. The lowest BCUT2D eigenvalue weighted by atomic mass is 10.1. The lowest BCUT2D eigenvalue weighted by Gasteiger charge is -2.10. The predicted octanol–water partition coefficient (Wildman–Crippen LogP) is 4.09. The van der Waals surface area contributed by atoms with Gasteiger partial charge < -0.3 is 0 Å². The maximum Gasteiger partial charge on any atom is 0.150 e.